The van der Waals surface area contributed by atoms with Crippen LogP contribution in [0, 0.1) is 0 Å². The van der Waals surface area contributed by atoms with Crippen LogP contribution in [-0.4, -0.2) is 14.6 Å². The Morgan fingerprint density at radius 2 is 1.81 bits per heavy atom. The first-order valence-corrected chi connectivity index (χ1v) is 7.84. The van der Waals surface area contributed by atoms with Gasteiger partial charge in [-0.3, -0.25) is 0 Å². The van der Waals surface area contributed by atoms with E-state index in [1.807, 2.05) is 54.6 Å². The monoisotopic (exact) mass is 410 g/mol. The molecule has 27 heavy (non-hydrogen) atoms. The summed E-state index contributed by atoms with van der Waals surface area (Å²) >= 11 is 0. The van der Waals surface area contributed by atoms with Crippen molar-refractivity contribution in [2.75, 3.05) is 7.11 Å². The maximum Gasteiger partial charge on any atom is 2.00 e. The quantitative estimate of drug-likeness (QED) is 0.423. The Hall–Kier alpha value is -2.63. The Labute approximate surface area is 168 Å². The van der Waals surface area contributed by atoms with Gasteiger partial charge in [-0.25, -0.2) is 20.8 Å². The molecular formula is C20H17BF2FeO3. The Bertz CT molecular complexity index is 781. The van der Waals surface area contributed by atoms with Crippen LogP contribution in [-0.2, 0) is 17.1 Å². The second kappa shape index (κ2) is 11.9. The van der Waals surface area contributed by atoms with Crippen molar-refractivity contribution in [2.24, 2.45) is 0 Å². The Morgan fingerprint density at radius 3 is 2.33 bits per heavy atom. The molecule has 0 N–H and O–H groups in total. The molecule has 3 rings (SSSR count). The zero-order valence-electron chi connectivity index (χ0n) is 14.5. The minimum atomic E-state index is -3.01. The summed E-state index contributed by atoms with van der Waals surface area (Å²) in [7, 11) is -1.61. The second-order valence-corrected chi connectivity index (χ2v) is 5.12. The fraction of sp³-hybridized carbons (Fsp3) is 0.0500. The summed E-state index contributed by atoms with van der Waals surface area (Å²) in [6.07, 6.45) is 10.3. The van der Waals surface area contributed by atoms with Gasteiger partial charge in [0.2, 0.25) is 0 Å². The summed E-state index contributed by atoms with van der Waals surface area (Å²) in [6, 6.07) is 14.2. The van der Waals surface area contributed by atoms with Crippen LogP contribution in [0.25, 0.3) is 5.76 Å². The minimum Gasteiger partial charge on any atom is -0.872 e. The van der Waals surface area contributed by atoms with Gasteiger partial charge in [-0.2, -0.15) is 18.2 Å². The van der Waals surface area contributed by atoms with Crippen LogP contribution in [0.3, 0.4) is 0 Å². The van der Waals surface area contributed by atoms with Crippen molar-refractivity contribution in [2.45, 2.75) is 0 Å². The Kier molecular flexibility index (Phi) is 9.87. The van der Waals surface area contributed by atoms with Gasteiger partial charge in [0.05, 0.1) is 7.11 Å². The van der Waals surface area contributed by atoms with Gasteiger partial charge in [-0.15, -0.1) is 0 Å². The number of methoxy groups -OCH3 is 1. The molecule has 2 aromatic carbocycles. The largest absolute Gasteiger partial charge is 2.00 e. The summed E-state index contributed by atoms with van der Waals surface area (Å²) in [5, 5.41) is 12.1. The second-order valence-electron chi connectivity index (χ2n) is 5.12. The van der Waals surface area contributed by atoms with Crippen molar-refractivity contribution in [1.82, 2.24) is 0 Å². The van der Waals surface area contributed by atoms with E-state index in [2.05, 4.69) is 4.65 Å². The third-order valence-electron chi connectivity index (χ3n) is 3.34. The molecule has 3 nitrogen and oxygen atoms in total. The molecule has 0 fully saturated rings. The molecule has 0 spiro atoms. The first-order chi connectivity index (χ1) is 12.6. The van der Waals surface area contributed by atoms with Gasteiger partial charge in [0, 0.05) is 11.6 Å². The van der Waals surface area contributed by atoms with Crippen LogP contribution in [0.5, 0.6) is 11.5 Å². The molecule has 140 valence electrons. The first-order valence-electron chi connectivity index (χ1n) is 7.84. The van der Waals surface area contributed by atoms with E-state index in [9.17, 15) is 13.7 Å². The van der Waals surface area contributed by atoms with E-state index >= 15 is 0 Å². The molecular weight excluding hydrogens is 393 g/mol. The van der Waals surface area contributed by atoms with Crippen molar-refractivity contribution in [1.29, 1.82) is 0 Å². The number of rotatable bonds is 5. The molecule has 1 aliphatic rings. The van der Waals surface area contributed by atoms with E-state index in [1.54, 1.807) is 6.08 Å². The summed E-state index contributed by atoms with van der Waals surface area (Å²) in [6.45, 7) is 0. The molecule has 2 aromatic rings. The molecule has 1 aliphatic carbocycles. The molecule has 7 heteroatoms. The first kappa shape index (κ1) is 22.4. The predicted octanol–water partition coefficient (Wildman–Crippen LogP) is 4.15. The molecule has 0 amide bonds. The van der Waals surface area contributed by atoms with Crippen LogP contribution in [0.4, 0.5) is 8.63 Å². The van der Waals surface area contributed by atoms with Gasteiger partial charge in [0.1, 0.15) is 11.5 Å². The van der Waals surface area contributed by atoms with E-state index in [0.29, 0.717) is 5.75 Å². The third kappa shape index (κ3) is 7.65. The van der Waals surface area contributed by atoms with Crippen molar-refractivity contribution in [3.8, 4) is 11.5 Å². The summed E-state index contributed by atoms with van der Waals surface area (Å²) in [5.74, 6) is -0.293. The predicted molar refractivity (Wildman–Crippen MR) is 98.0 cm³/mol. The van der Waals surface area contributed by atoms with E-state index in [4.69, 9.17) is 4.74 Å². The van der Waals surface area contributed by atoms with Crippen LogP contribution in [0.15, 0.2) is 90.6 Å². The van der Waals surface area contributed by atoms with Gasteiger partial charge in [0.25, 0.3) is 0 Å². The van der Waals surface area contributed by atoms with Crippen molar-refractivity contribution < 1.29 is 40.2 Å². The minimum absolute atomic E-state index is 0. The van der Waals surface area contributed by atoms with Crippen molar-refractivity contribution in [3.63, 3.8) is 0 Å². The maximum absolute atomic E-state index is 12.4. The number of hydrogen-bond acceptors (Lipinski definition) is 3. The van der Waals surface area contributed by atoms with E-state index in [-0.39, 0.29) is 28.4 Å². The van der Waals surface area contributed by atoms with Crippen LogP contribution in [0.2, 0.25) is 0 Å². The van der Waals surface area contributed by atoms with Crippen molar-refractivity contribution >= 4 is 13.2 Å². The number of halogens is 2. The summed E-state index contributed by atoms with van der Waals surface area (Å²) in [4.78, 5) is 0. The molecule has 0 unspecified atom stereocenters. The van der Waals surface area contributed by atoms with Gasteiger partial charge >= 0.3 is 24.5 Å². The molecule has 0 saturated heterocycles. The zero-order valence-corrected chi connectivity index (χ0v) is 15.6. The van der Waals surface area contributed by atoms with Crippen LogP contribution < -0.4 is 14.5 Å². The molecule has 0 heterocycles. The summed E-state index contributed by atoms with van der Waals surface area (Å²) < 4.78 is 34.1. The van der Waals surface area contributed by atoms with E-state index < -0.39 is 13.2 Å². The normalized spacial score (nSPS) is 12.0. The molecule has 0 atom stereocenters. The zero-order chi connectivity index (χ0) is 18.8. The molecule has 0 aliphatic heterocycles. The smallest absolute Gasteiger partial charge is 0.872 e. The SMILES string of the molecule is COc1ccc(C([O-])=CC=C2C=CC=C2)c(OB(F)F)c1.[Fe+2].c1cc[cH-]c1. The third-order valence-corrected chi connectivity index (χ3v) is 3.34. The maximum atomic E-state index is 12.4. The molecule has 0 aromatic heterocycles. The Morgan fingerprint density at radius 1 is 1.15 bits per heavy atom. The van der Waals surface area contributed by atoms with Crippen LogP contribution in [0.1, 0.15) is 5.56 Å². The van der Waals surface area contributed by atoms with Crippen molar-refractivity contribution in [3.05, 3.63) is 96.1 Å². The molecule has 0 radical (unpaired) electrons. The van der Waals surface area contributed by atoms with Gasteiger partial charge in [-0.1, -0.05) is 42.2 Å². The van der Waals surface area contributed by atoms with Gasteiger partial charge in [0.15, 0.2) is 0 Å². The average molecular weight is 410 g/mol. The number of ether oxygens (including phenoxy) is 1. The van der Waals surface area contributed by atoms with E-state index in [0.717, 1.165) is 5.57 Å². The summed E-state index contributed by atoms with van der Waals surface area (Å²) in [5.41, 5.74) is 0.909. The van der Waals surface area contributed by atoms with Gasteiger partial charge < -0.3 is 14.5 Å². The van der Waals surface area contributed by atoms with E-state index in [1.165, 1.54) is 31.4 Å². The number of benzene rings is 1. The Balaban J connectivity index is 0.000000526. The number of allylic oxidation sites excluding steroid dienone is 7. The average Bonchev–Trinajstić information content (AvgIpc) is 3.35. The topological polar surface area (TPSA) is 41.5 Å². The molecule has 0 bridgehead atoms. The fourth-order valence-corrected chi connectivity index (χ4v) is 2.11. The fourth-order valence-electron chi connectivity index (χ4n) is 2.11. The van der Waals surface area contributed by atoms with Gasteiger partial charge in [-0.05, 0) is 17.7 Å². The molecule has 0 saturated carbocycles. The van der Waals surface area contributed by atoms with Crippen LogP contribution >= 0.6 is 0 Å². The number of hydrogen-bond donors (Lipinski definition) is 0. The standard InChI is InChI=1S/C15H13BF2O3.C5H5.Fe/c1-20-12-7-8-13(15(10-12)21-16(17)18)14(19)9-6-11-4-2-3-5-11;1-2-4-5-3-1;/h2-10,19H,1H3;1-5H;/q;-1;+2/p-1.